The molecule has 0 amide bonds. The van der Waals surface area contributed by atoms with Crippen molar-refractivity contribution in [1.29, 1.82) is 0 Å². The van der Waals surface area contributed by atoms with Crippen molar-refractivity contribution < 1.29 is 4.74 Å². The van der Waals surface area contributed by atoms with E-state index in [1.807, 2.05) is 44.2 Å². The van der Waals surface area contributed by atoms with Crippen LogP contribution in [-0.4, -0.2) is 11.6 Å². The third-order valence-electron chi connectivity index (χ3n) is 2.47. The zero-order valence-electron chi connectivity index (χ0n) is 10.1. The minimum absolute atomic E-state index is 0.637. The van der Waals surface area contributed by atoms with Crippen molar-refractivity contribution in [3.05, 3.63) is 42.2 Å². The highest BCUT2D eigenvalue weighted by Gasteiger charge is 2.03. The molecule has 2 rings (SSSR count). The van der Waals surface area contributed by atoms with Gasteiger partial charge in [0.05, 0.1) is 6.61 Å². The van der Waals surface area contributed by atoms with Gasteiger partial charge in [-0.15, -0.1) is 0 Å². The van der Waals surface area contributed by atoms with Crippen LogP contribution < -0.4 is 10.5 Å². The summed E-state index contributed by atoms with van der Waals surface area (Å²) >= 11 is 0. The molecule has 3 nitrogen and oxygen atoms in total. The van der Waals surface area contributed by atoms with E-state index < -0.39 is 0 Å². The first-order chi connectivity index (χ1) is 8.19. The van der Waals surface area contributed by atoms with Crippen LogP contribution in [0.4, 0.5) is 5.69 Å². The molecular formula is C14H16N2O. The first-order valence-electron chi connectivity index (χ1n) is 5.65. The van der Waals surface area contributed by atoms with Crippen LogP contribution >= 0.6 is 0 Å². The Morgan fingerprint density at radius 1 is 1.18 bits per heavy atom. The van der Waals surface area contributed by atoms with E-state index in [4.69, 9.17) is 10.5 Å². The lowest BCUT2D eigenvalue weighted by molar-refractivity contribution is 0.340. The number of benzene rings is 1. The van der Waals surface area contributed by atoms with E-state index in [-0.39, 0.29) is 0 Å². The van der Waals surface area contributed by atoms with E-state index in [1.54, 1.807) is 6.20 Å². The molecule has 0 radical (unpaired) electrons. The predicted molar refractivity (Wildman–Crippen MR) is 70.0 cm³/mol. The molecule has 0 saturated carbocycles. The van der Waals surface area contributed by atoms with Gasteiger partial charge in [0.15, 0.2) is 0 Å². The predicted octanol–water partition coefficient (Wildman–Crippen LogP) is 3.04. The summed E-state index contributed by atoms with van der Waals surface area (Å²) in [6.07, 6.45) is 1.80. The average molecular weight is 228 g/mol. The number of rotatable bonds is 3. The van der Waals surface area contributed by atoms with Crippen molar-refractivity contribution in [3.63, 3.8) is 0 Å². The molecule has 2 N–H and O–H groups in total. The number of aryl methyl sites for hydroxylation is 1. The van der Waals surface area contributed by atoms with Gasteiger partial charge in [-0.3, -0.25) is 4.98 Å². The van der Waals surface area contributed by atoms with Gasteiger partial charge in [0, 0.05) is 23.6 Å². The Kier molecular flexibility index (Phi) is 3.28. The van der Waals surface area contributed by atoms with E-state index in [2.05, 4.69) is 4.98 Å². The smallest absolute Gasteiger partial charge is 0.121 e. The first-order valence-corrected chi connectivity index (χ1v) is 5.65. The molecule has 0 fully saturated rings. The van der Waals surface area contributed by atoms with Crippen LogP contribution in [0.3, 0.4) is 0 Å². The van der Waals surface area contributed by atoms with Gasteiger partial charge in [-0.05, 0) is 49.2 Å². The van der Waals surface area contributed by atoms with Gasteiger partial charge in [0.1, 0.15) is 5.75 Å². The third kappa shape index (κ3) is 2.75. The Hall–Kier alpha value is -2.03. The number of nitrogen functional groups attached to an aromatic ring is 1. The van der Waals surface area contributed by atoms with Crippen LogP contribution in [0.1, 0.15) is 12.6 Å². The van der Waals surface area contributed by atoms with Crippen molar-refractivity contribution >= 4 is 5.69 Å². The number of aromatic nitrogens is 1. The molecule has 88 valence electrons. The van der Waals surface area contributed by atoms with Crippen LogP contribution in [0.5, 0.6) is 5.75 Å². The monoisotopic (exact) mass is 228 g/mol. The Morgan fingerprint density at radius 3 is 2.71 bits per heavy atom. The maximum absolute atomic E-state index is 5.87. The molecular weight excluding hydrogens is 212 g/mol. The highest BCUT2D eigenvalue weighted by molar-refractivity contribution is 5.69. The molecule has 0 bridgehead atoms. The molecule has 1 aromatic heterocycles. The molecule has 0 aliphatic heterocycles. The van der Waals surface area contributed by atoms with Crippen molar-refractivity contribution in [2.75, 3.05) is 12.3 Å². The largest absolute Gasteiger partial charge is 0.494 e. The van der Waals surface area contributed by atoms with Gasteiger partial charge in [-0.2, -0.15) is 0 Å². The van der Waals surface area contributed by atoms with Crippen molar-refractivity contribution in [2.45, 2.75) is 13.8 Å². The second kappa shape index (κ2) is 4.87. The van der Waals surface area contributed by atoms with Crippen LogP contribution in [0.2, 0.25) is 0 Å². The van der Waals surface area contributed by atoms with Gasteiger partial charge < -0.3 is 10.5 Å². The Balaban J connectivity index is 2.44. The van der Waals surface area contributed by atoms with Gasteiger partial charge in [0.25, 0.3) is 0 Å². The maximum Gasteiger partial charge on any atom is 0.121 e. The second-order valence-electron chi connectivity index (χ2n) is 3.91. The second-order valence-corrected chi connectivity index (χ2v) is 3.91. The highest BCUT2D eigenvalue weighted by Crippen LogP contribution is 2.27. The van der Waals surface area contributed by atoms with Gasteiger partial charge in [0.2, 0.25) is 0 Å². The molecule has 1 heterocycles. The third-order valence-corrected chi connectivity index (χ3v) is 2.47. The van der Waals surface area contributed by atoms with Crippen molar-refractivity contribution in [3.8, 4) is 16.9 Å². The molecule has 0 spiro atoms. The van der Waals surface area contributed by atoms with Crippen LogP contribution in [0, 0.1) is 6.92 Å². The maximum atomic E-state index is 5.87. The number of ether oxygens (including phenoxy) is 1. The van der Waals surface area contributed by atoms with Crippen LogP contribution in [0.25, 0.3) is 11.1 Å². The summed E-state index contributed by atoms with van der Waals surface area (Å²) in [5, 5.41) is 0. The van der Waals surface area contributed by atoms with Crippen LogP contribution in [-0.2, 0) is 0 Å². The SMILES string of the molecule is CCOc1cc(N)cc(-c2ccnc(C)c2)c1. The summed E-state index contributed by atoms with van der Waals surface area (Å²) in [7, 11) is 0. The zero-order valence-corrected chi connectivity index (χ0v) is 10.1. The quantitative estimate of drug-likeness (QED) is 0.821. The number of pyridine rings is 1. The highest BCUT2D eigenvalue weighted by atomic mass is 16.5. The summed E-state index contributed by atoms with van der Waals surface area (Å²) in [4.78, 5) is 4.18. The van der Waals surface area contributed by atoms with Crippen molar-refractivity contribution in [1.82, 2.24) is 4.98 Å². The molecule has 17 heavy (non-hydrogen) atoms. The van der Waals surface area contributed by atoms with Crippen LogP contribution in [0.15, 0.2) is 36.5 Å². The fourth-order valence-electron chi connectivity index (χ4n) is 1.76. The van der Waals surface area contributed by atoms with Gasteiger partial charge >= 0.3 is 0 Å². The molecule has 0 saturated heterocycles. The molecule has 0 aliphatic carbocycles. The summed E-state index contributed by atoms with van der Waals surface area (Å²) in [5.41, 5.74) is 9.72. The molecule has 3 heteroatoms. The van der Waals surface area contributed by atoms with E-state index in [9.17, 15) is 0 Å². The minimum atomic E-state index is 0.637. The number of anilines is 1. The number of nitrogens with zero attached hydrogens (tertiary/aromatic N) is 1. The van der Waals surface area contributed by atoms with E-state index >= 15 is 0 Å². The zero-order chi connectivity index (χ0) is 12.3. The molecule has 0 atom stereocenters. The lowest BCUT2D eigenvalue weighted by Gasteiger charge is -2.08. The molecule has 1 aromatic carbocycles. The Morgan fingerprint density at radius 2 is 2.00 bits per heavy atom. The Labute approximate surface area is 101 Å². The van der Waals surface area contributed by atoms with Crippen molar-refractivity contribution in [2.24, 2.45) is 0 Å². The lowest BCUT2D eigenvalue weighted by atomic mass is 10.1. The summed E-state index contributed by atoms with van der Waals surface area (Å²) in [5.74, 6) is 0.803. The van der Waals surface area contributed by atoms with E-state index in [0.717, 1.165) is 22.6 Å². The Bertz CT molecular complexity index is 523. The topological polar surface area (TPSA) is 48.1 Å². The van der Waals surface area contributed by atoms with Gasteiger partial charge in [-0.1, -0.05) is 0 Å². The fraction of sp³-hybridized carbons (Fsp3) is 0.214. The first kappa shape index (κ1) is 11.5. The average Bonchev–Trinajstić information content (AvgIpc) is 2.28. The number of hydrogen-bond acceptors (Lipinski definition) is 3. The molecule has 2 aromatic rings. The number of hydrogen-bond donors (Lipinski definition) is 1. The summed E-state index contributed by atoms with van der Waals surface area (Å²) in [6.45, 7) is 4.57. The normalized spacial score (nSPS) is 10.2. The van der Waals surface area contributed by atoms with E-state index in [0.29, 0.717) is 12.3 Å². The van der Waals surface area contributed by atoms with Gasteiger partial charge in [-0.25, -0.2) is 0 Å². The fourth-order valence-corrected chi connectivity index (χ4v) is 1.76. The lowest BCUT2D eigenvalue weighted by Crippen LogP contribution is -1.94. The van der Waals surface area contributed by atoms with E-state index in [1.165, 1.54) is 0 Å². The molecule has 0 aliphatic rings. The summed E-state index contributed by atoms with van der Waals surface area (Å²) < 4.78 is 5.48. The summed E-state index contributed by atoms with van der Waals surface area (Å²) in [6, 6.07) is 9.77. The minimum Gasteiger partial charge on any atom is -0.494 e. The molecule has 0 unspecified atom stereocenters. The number of nitrogens with two attached hydrogens (primary N) is 1. The standard InChI is InChI=1S/C14H16N2O/c1-3-17-14-8-12(7-13(15)9-14)11-4-5-16-10(2)6-11/h4-9H,3,15H2,1-2H3.